The standard InChI is InChI=1S/C15H10ClN5O4/c16-9-2-1-8(5-10(9)21(22)23)11-13(6-17)12(19)20-15(14(11,13)7-18)24-3-4-25-15/h1-2,5,11H,3-4H2,(H2,19,20). The number of nitro groups is 1. The molecule has 2 fully saturated rings. The number of nitrogens with zero attached hydrogens (tertiary/aromatic N) is 4. The number of hydrogen-bond acceptors (Lipinski definition) is 8. The molecule has 0 amide bonds. The minimum atomic E-state index is -1.67. The van der Waals surface area contributed by atoms with Crippen LogP contribution in [-0.2, 0) is 9.47 Å². The second-order valence-corrected chi connectivity index (χ2v) is 6.42. The van der Waals surface area contributed by atoms with Crippen molar-refractivity contribution in [2.75, 3.05) is 13.2 Å². The zero-order chi connectivity index (χ0) is 18.0. The summed E-state index contributed by atoms with van der Waals surface area (Å²) in [5.74, 6) is -2.51. The number of nitrogens with two attached hydrogens (primary N) is 1. The van der Waals surface area contributed by atoms with Gasteiger partial charge in [-0.15, -0.1) is 0 Å². The third-order valence-electron chi connectivity index (χ3n) is 5.11. The second-order valence-electron chi connectivity index (χ2n) is 6.02. The summed E-state index contributed by atoms with van der Waals surface area (Å²) in [5, 5.41) is 30.9. The minimum absolute atomic E-state index is 0.0405. The van der Waals surface area contributed by atoms with Crippen molar-refractivity contribution in [2.24, 2.45) is 21.6 Å². The third kappa shape index (κ3) is 1.51. The van der Waals surface area contributed by atoms with Crippen LogP contribution in [0.25, 0.3) is 0 Å². The van der Waals surface area contributed by atoms with Crippen molar-refractivity contribution in [3.05, 3.63) is 38.9 Å². The number of fused-ring (bicyclic) bond motifs is 2. The van der Waals surface area contributed by atoms with Gasteiger partial charge in [0.25, 0.3) is 11.6 Å². The van der Waals surface area contributed by atoms with Crippen molar-refractivity contribution in [1.29, 1.82) is 10.5 Å². The van der Waals surface area contributed by atoms with Crippen molar-refractivity contribution < 1.29 is 14.4 Å². The normalized spacial score (nSPS) is 34.0. The van der Waals surface area contributed by atoms with Crippen LogP contribution >= 0.6 is 11.6 Å². The van der Waals surface area contributed by atoms with E-state index in [0.717, 1.165) is 0 Å². The van der Waals surface area contributed by atoms with Gasteiger partial charge in [0.05, 0.1) is 30.3 Å². The summed E-state index contributed by atoms with van der Waals surface area (Å²) in [6, 6.07) is 8.33. The molecule has 1 aromatic rings. The van der Waals surface area contributed by atoms with Crippen molar-refractivity contribution in [2.45, 2.75) is 11.8 Å². The van der Waals surface area contributed by atoms with Crippen LogP contribution < -0.4 is 5.73 Å². The van der Waals surface area contributed by atoms with Gasteiger partial charge in [-0.3, -0.25) is 10.1 Å². The zero-order valence-corrected chi connectivity index (χ0v) is 13.4. The van der Waals surface area contributed by atoms with Crippen LogP contribution in [0.5, 0.6) is 0 Å². The molecule has 3 atom stereocenters. The van der Waals surface area contributed by atoms with E-state index in [9.17, 15) is 20.6 Å². The first kappa shape index (κ1) is 15.8. The average Bonchev–Trinajstić information content (AvgIpc) is 2.83. The van der Waals surface area contributed by atoms with Crippen molar-refractivity contribution >= 4 is 23.1 Å². The molecule has 0 bridgehead atoms. The largest absolute Gasteiger partial charge is 0.386 e. The van der Waals surface area contributed by atoms with Crippen molar-refractivity contribution in [1.82, 2.24) is 0 Å². The molecule has 3 aliphatic rings. The van der Waals surface area contributed by atoms with E-state index in [0.29, 0.717) is 5.56 Å². The van der Waals surface area contributed by atoms with Gasteiger partial charge in [-0.2, -0.15) is 10.5 Å². The van der Waals surface area contributed by atoms with Crippen molar-refractivity contribution in [3.63, 3.8) is 0 Å². The van der Waals surface area contributed by atoms with Crippen LogP contribution in [0.3, 0.4) is 0 Å². The van der Waals surface area contributed by atoms with Gasteiger partial charge in [-0.1, -0.05) is 17.7 Å². The fraction of sp³-hybridized carbons (Fsp3) is 0.400. The first-order chi connectivity index (χ1) is 11.9. The Morgan fingerprint density at radius 2 is 2.04 bits per heavy atom. The molecule has 0 radical (unpaired) electrons. The molecule has 4 rings (SSSR count). The Bertz CT molecular complexity index is 929. The van der Waals surface area contributed by atoms with E-state index in [1.165, 1.54) is 18.2 Å². The number of nitro benzene ring substituents is 1. The average molecular weight is 360 g/mol. The second kappa shape index (κ2) is 4.67. The van der Waals surface area contributed by atoms with E-state index in [1.54, 1.807) is 0 Å². The molecule has 25 heavy (non-hydrogen) atoms. The molecule has 1 spiro atoms. The molecular formula is C15H10ClN5O4. The number of halogens is 1. The number of aliphatic imine (C=N–C) groups is 1. The Kier molecular flexibility index (Phi) is 2.95. The summed E-state index contributed by atoms with van der Waals surface area (Å²) in [7, 11) is 0. The SMILES string of the molecule is N#CC12C(N)=NC3(OCCO3)C1(C#N)C2c1ccc(Cl)c([N+](=O)[O-])c1. The highest BCUT2D eigenvalue weighted by atomic mass is 35.5. The molecule has 2 aliphatic heterocycles. The summed E-state index contributed by atoms with van der Waals surface area (Å²) in [4.78, 5) is 14.7. The van der Waals surface area contributed by atoms with Crippen LogP contribution in [-0.4, -0.2) is 29.9 Å². The highest BCUT2D eigenvalue weighted by Gasteiger charge is 2.94. The summed E-state index contributed by atoms with van der Waals surface area (Å²) in [6.45, 7) is 0.407. The van der Waals surface area contributed by atoms with Gasteiger partial charge >= 0.3 is 0 Å². The van der Waals surface area contributed by atoms with Gasteiger partial charge in [0.15, 0.2) is 5.41 Å². The van der Waals surface area contributed by atoms with Gasteiger partial charge in [0.1, 0.15) is 16.3 Å². The highest BCUT2D eigenvalue weighted by Crippen LogP contribution is 2.82. The van der Waals surface area contributed by atoms with E-state index in [1.807, 2.05) is 0 Å². The fourth-order valence-corrected chi connectivity index (χ4v) is 4.25. The molecule has 10 heteroatoms. The molecule has 0 aromatic heterocycles. The van der Waals surface area contributed by atoms with Crippen LogP contribution in [0.4, 0.5) is 5.69 Å². The molecule has 1 aromatic carbocycles. The number of benzene rings is 1. The van der Waals surface area contributed by atoms with Crippen LogP contribution in [0.15, 0.2) is 23.2 Å². The summed E-state index contributed by atoms with van der Waals surface area (Å²) < 4.78 is 11.2. The molecule has 2 heterocycles. The van der Waals surface area contributed by atoms with E-state index < -0.39 is 27.6 Å². The maximum Gasteiger partial charge on any atom is 0.293 e. The van der Waals surface area contributed by atoms with E-state index in [4.69, 9.17) is 26.8 Å². The lowest BCUT2D eigenvalue weighted by molar-refractivity contribution is -0.384. The van der Waals surface area contributed by atoms with Gasteiger partial charge in [0.2, 0.25) is 0 Å². The number of nitriles is 2. The molecule has 1 aliphatic carbocycles. The van der Waals surface area contributed by atoms with Gasteiger partial charge in [-0.05, 0) is 11.6 Å². The Morgan fingerprint density at radius 3 is 2.60 bits per heavy atom. The van der Waals surface area contributed by atoms with E-state index in [2.05, 4.69) is 17.1 Å². The molecular weight excluding hydrogens is 350 g/mol. The number of rotatable bonds is 2. The number of ether oxygens (including phenoxy) is 2. The van der Waals surface area contributed by atoms with E-state index >= 15 is 0 Å². The van der Waals surface area contributed by atoms with Gasteiger partial charge in [0, 0.05) is 12.0 Å². The first-order valence-electron chi connectivity index (χ1n) is 7.30. The summed E-state index contributed by atoms with van der Waals surface area (Å²) in [5.41, 5.74) is 3.09. The first-order valence-corrected chi connectivity index (χ1v) is 7.68. The van der Waals surface area contributed by atoms with Crippen LogP contribution in [0, 0.1) is 43.6 Å². The zero-order valence-electron chi connectivity index (χ0n) is 12.6. The van der Waals surface area contributed by atoms with Gasteiger partial charge < -0.3 is 15.2 Å². The number of hydrogen-bond donors (Lipinski definition) is 1. The molecule has 126 valence electrons. The lowest BCUT2D eigenvalue weighted by atomic mass is 9.94. The Hall–Kier alpha value is -2.72. The predicted molar refractivity (Wildman–Crippen MR) is 83.2 cm³/mol. The fourth-order valence-electron chi connectivity index (χ4n) is 4.07. The van der Waals surface area contributed by atoms with Gasteiger partial charge in [-0.25, -0.2) is 4.99 Å². The molecule has 1 saturated heterocycles. The maximum atomic E-state index is 11.2. The molecule has 2 N–H and O–H groups in total. The molecule has 3 unspecified atom stereocenters. The summed E-state index contributed by atoms with van der Waals surface area (Å²) >= 11 is 5.85. The predicted octanol–water partition coefficient (Wildman–Crippen LogP) is 1.44. The smallest absolute Gasteiger partial charge is 0.293 e. The lowest BCUT2D eigenvalue weighted by Gasteiger charge is -2.25. The highest BCUT2D eigenvalue weighted by molar-refractivity contribution is 6.32. The number of amidine groups is 1. The third-order valence-corrected chi connectivity index (χ3v) is 5.43. The Labute approximate surface area is 146 Å². The lowest BCUT2D eigenvalue weighted by Crippen LogP contribution is -2.38. The summed E-state index contributed by atoms with van der Waals surface area (Å²) in [6.07, 6.45) is 0. The minimum Gasteiger partial charge on any atom is -0.386 e. The van der Waals surface area contributed by atoms with Crippen LogP contribution in [0.2, 0.25) is 5.02 Å². The maximum absolute atomic E-state index is 11.2. The van der Waals surface area contributed by atoms with Crippen LogP contribution in [0.1, 0.15) is 11.5 Å². The molecule has 9 nitrogen and oxygen atoms in total. The quantitative estimate of drug-likeness (QED) is 0.620. The topological polar surface area (TPSA) is 148 Å². The monoisotopic (exact) mass is 359 g/mol. The Morgan fingerprint density at radius 1 is 1.36 bits per heavy atom. The molecule has 1 saturated carbocycles. The Balaban J connectivity index is 1.92. The van der Waals surface area contributed by atoms with Crippen molar-refractivity contribution in [3.8, 4) is 12.1 Å². The van der Waals surface area contributed by atoms with E-state index in [-0.39, 0.29) is 29.8 Å².